The highest BCUT2D eigenvalue weighted by atomic mass is 35.5. The first kappa shape index (κ1) is 24.6. The minimum absolute atomic E-state index is 0.00243. The van der Waals surface area contributed by atoms with Crippen LogP contribution in [0.3, 0.4) is 0 Å². The van der Waals surface area contributed by atoms with Crippen LogP contribution in [0.2, 0.25) is 5.02 Å². The monoisotopic (exact) mass is 509 g/mol. The zero-order chi connectivity index (χ0) is 25.8. The molecule has 3 amide bonds. The molecule has 1 aromatic heterocycles. The molecule has 2 aromatic carbocycles. The number of benzene rings is 2. The molecule has 0 spiro atoms. The highest BCUT2D eigenvalue weighted by Gasteiger charge is 2.28. The summed E-state index contributed by atoms with van der Waals surface area (Å²) in [6.45, 7) is 1.69. The fourth-order valence-corrected chi connectivity index (χ4v) is 3.88. The predicted octanol–water partition coefficient (Wildman–Crippen LogP) is 3.69. The van der Waals surface area contributed by atoms with Crippen molar-refractivity contribution >= 4 is 40.7 Å². The van der Waals surface area contributed by atoms with Gasteiger partial charge >= 0.3 is 5.91 Å². The van der Waals surface area contributed by atoms with Gasteiger partial charge in [0.15, 0.2) is 5.76 Å². The number of carbonyl (C=O) groups excluding carboxylic acids is 3. The standard InChI is InChI=1S/C24H20ClN5O6/c1-13-20-18(26-27-22(31)14-5-9-16(25)10-6-14)3-2-4-19(20)36-21(13)24(33)29-28-23(32)15-7-11-17(12-8-15)30(34)35/h5-12H,2-4H2,1H3,(H,27,31)(H,28,32)(H,29,33)/b26-18+. The number of fused-ring (bicyclic) bond motifs is 1. The van der Waals surface area contributed by atoms with Gasteiger partial charge in [0.1, 0.15) is 5.76 Å². The third-order valence-corrected chi connectivity index (χ3v) is 5.81. The number of halogens is 1. The van der Waals surface area contributed by atoms with Crippen molar-refractivity contribution in [3.8, 4) is 0 Å². The Bertz CT molecular complexity index is 1380. The van der Waals surface area contributed by atoms with E-state index in [4.69, 9.17) is 16.0 Å². The van der Waals surface area contributed by atoms with E-state index in [0.29, 0.717) is 52.4 Å². The smallest absolute Gasteiger partial charge is 0.305 e. The molecule has 11 nitrogen and oxygen atoms in total. The van der Waals surface area contributed by atoms with Gasteiger partial charge < -0.3 is 4.42 Å². The number of nitro groups is 1. The zero-order valence-corrected chi connectivity index (χ0v) is 19.7. The molecule has 1 aliphatic carbocycles. The molecule has 0 bridgehead atoms. The van der Waals surface area contributed by atoms with Crippen LogP contribution in [0.15, 0.2) is 58.0 Å². The average molecular weight is 510 g/mol. The number of nitrogens with zero attached hydrogens (tertiary/aromatic N) is 2. The fraction of sp³-hybridized carbons (Fsp3) is 0.167. The summed E-state index contributed by atoms with van der Waals surface area (Å²) in [5, 5.41) is 15.5. The van der Waals surface area contributed by atoms with E-state index in [2.05, 4.69) is 21.4 Å². The molecule has 0 aliphatic heterocycles. The number of carbonyl (C=O) groups is 3. The van der Waals surface area contributed by atoms with Crippen molar-refractivity contribution in [2.75, 3.05) is 0 Å². The van der Waals surface area contributed by atoms with Crippen LogP contribution in [0.4, 0.5) is 5.69 Å². The van der Waals surface area contributed by atoms with Gasteiger partial charge in [-0.05, 0) is 56.2 Å². The molecule has 0 saturated carbocycles. The van der Waals surface area contributed by atoms with Crippen LogP contribution in [0.5, 0.6) is 0 Å². The molecule has 3 aromatic rings. The van der Waals surface area contributed by atoms with Gasteiger partial charge in [0, 0.05) is 45.8 Å². The zero-order valence-electron chi connectivity index (χ0n) is 19.0. The van der Waals surface area contributed by atoms with Gasteiger partial charge in [-0.15, -0.1) is 0 Å². The van der Waals surface area contributed by atoms with Crippen molar-refractivity contribution in [3.63, 3.8) is 0 Å². The maximum absolute atomic E-state index is 12.7. The van der Waals surface area contributed by atoms with Crippen molar-refractivity contribution in [1.29, 1.82) is 0 Å². The average Bonchev–Trinajstić information content (AvgIpc) is 3.23. The lowest BCUT2D eigenvalue weighted by atomic mass is 9.93. The molecule has 1 aliphatic rings. The Kier molecular flexibility index (Phi) is 7.11. The maximum atomic E-state index is 12.7. The van der Waals surface area contributed by atoms with Gasteiger partial charge in [0.05, 0.1) is 10.6 Å². The second-order valence-corrected chi connectivity index (χ2v) is 8.36. The van der Waals surface area contributed by atoms with Gasteiger partial charge in [-0.1, -0.05) is 11.6 Å². The molecular formula is C24H20ClN5O6. The lowest BCUT2D eigenvalue weighted by Gasteiger charge is -2.13. The Balaban J connectivity index is 1.45. The number of hydrogen-bond donors (Lipinski definition) is 3. The summed E-state index contributed by atoms with van der Waals surface area (Å²) in [7, 11) is 0. The van der Waals surface area contributed by atoms with Crippen molar-refractivity contribution in [1.82, 2.24) is 16.3 Å². The third kappa shape index (κ3) is 5.26. The van der Waals surface area contributed by atoms with Crippen molar-refractivity contribution in [3.05, 3.63) is 97.4 Å². The number of hydrazine groups is 1. The SMILES string of the molecule is Cc1c(C(=O)NNC(=O)c2ccc([N+](=O)[O-])cc2)oc2c1/C(=N/NC(=O)c1ccc(Cl)cc1)CCC2. The van der Waals surface area contributed by atoms with Crippen LogP contribution >= 0.6 is 11.6 Å². The van der Waals surface area contributed by atoms with Gasteiger partial charge in [0.25, 0.3) is 17.5 Å². The van der Waals surface area contributed by atoms with Crippen LogP contribution in [0.1, 0.15) is 61.0 Å². The summed E-state index contributed by atoms with van der Waals surface area (Å²) < 4.78 is 5.77. The van der Waals surface area contributed by atoms with Crippen LogP contribution in [0.25, 0.3) is 0 Å². The van der Waals surface area contributed by atoms with Crippen LogP contribution < -0.4 is 16.3 Å². The number of furan rings is 1. The van der Waals surface area contributed by atoms with E-state index >= 15 is 0 Å². The minimum Gasteiger partial charge on any atom is -0.455 e. The van der Waals surface area contributed by atoms with Crippen molar-refractivity contribution < 1.29 is 23.7 Å². The van der Waals surface area contributed by atoms with E-state index in [-0.39, 0.29) is 17.0 Å². The van der Waals surface area contributed by atoms with E-state index in [1.54, 1.807) is 31.2 Å². The lowest BCUT2D eigenvalue weighted by Crippen LogP contribution is -2.41. The largest absolute Gasteiger partial charge is 0.455 e. The van der Waals surface area contributed by atoms with Crippen LogP contribution in [-0.4, -0.2) is 28.4 Å². The number of hydrazone groups is 1. The molecule has 4 rings (SSSR count). The Morgan fingerprint density at radius 2 is 1.56 bits per heavy atom. The van der Waals surface area contributed by atoms with Crippen LogP contribution in [0, 0.1) is 17.0 Å². The Labute approximate surface area is 209 Å². The van der Waals surface area contributed by atoms with E-state index < -0.39 is 22.6 Å². The predicted molar refractivity (Wildman–Crippen MR) is 130 cm³/mol. The summed E-state index contributed by atoms with van der Waals surface area (Å²) in [5.41, 5.74) is 9.18. The highest BCUT2D eigenvalue weighted by Crippen LogP contribution is 2.29. The number of hydrogen-bond acceptors (Lipinski definition) is 7. The number of aryl methyl sites for hydroxylation is 1. The third-order valence-electron chi connectivity index (χ3n) is 5.56. The molecule has 36 heavy (non-hydrogen) atoms. The van der Waals surface area contributed by atoms with Crippen molar-refractivity contribution in [2.45, 2.75) is 26.2 Å². The number of amides is 3. The maximum Gasteiger partial charge on any atom is 0.305 e. The molecule has 0 radical (unpaired) electrons. The Morgan fingerprint density at radius 3 is 2.22 bits per heavy atom. The summed E-state index contributed by atoms with van der Waals surface area (Å²) in [6.07, 6.45) is 1.88. The lowest BCUT2D eigenvalue weighted by molar-refractivity contribution is -0.384. The van der Waals surface area contributed by atoms with E-state index in [0.717, 1.165) is 0 Å². The molecular weight excluding hydrogens is 490 g/mol. The highest BCUT2D eigenvalue weighted by molar-refractivity contribution is 6.30. The topological polar surface area (TPSA) is 156 Å². The second kappa shape index (κ2) is 10.4. The Hall–Kier alpha value is -4.51. The van der Waals surface area contributed by atoms with Gasteiger partial charge in [-0.25, -0.2) is 5.43 Å². The Morgan fingerprint density at radius 1 is 0.944 bits per heavy atom. The second-order valence-electron chi connectivity index (χ2n) is 7.93. The minimum atomic E-state index is -0.679. The fourth-order valence-electron chi connectivity index (χ4n) is 3.76. The molecule has 184 valence electrons. The van der Waals surface area contributed by atoms with E-state index in [1.165, 1.54) is 24.3 Å². The molecule has 3 N–H and O–H groups in total. The summed E-state index contributed by atoms with van der Waals surface area (Å²) in [5.74, 6) is -1.17. The van der Waals surface area contributed by atoms with Gasteiger partial charge in [-0.2, -0.15) is 5.10 Å². The van der Waals surface area contributed by atoms with Gasteiger partial charge in [0.2, 0.25) is 0 Å². The van der Waals surface area contributed by atoms with Crippen LogP contribution in [-0.2, 0) is 6.42 Å². The molecule has 12 heteroatoms. The number of non-ortho nitro benzene ring substituents is 1. The van der Waals surface area contributed by atoms with E-state index in [9.17, 15) is 24.5 Å². The van der Waals surface area contributed by atoms with E-state index in [1.807, 2.05) is 0 Å². The summed E-state index contributed by atoms with van der Waals surface area (Å²) in [6, 6.07) is 11.3. The number of nitro benzene ring substituents is 1. The molecule has 0 saturated heterocycles. The van der Waals surface area contributed by atoms with Gasteiger partial charge in [-0.3, -0.25) is 35.3 Å². The molecule has 0 fully saturated rings. The molecule has 1 heterocycles. The summed E-state index contributed by atoms with van der Waals surface area (Å²) in [4.78, 5) is 47.6. The van der Waals surface area contributed by atoms with Crippen molar-refractivity contribution in [2.24, 2.45) is 5.10 Å². The summed E-state index contributed by atoms with van der Waals surface area (Å²) >= 11 is 5.86. The first-order valence-electron chi connectivity index (χ1n) is 10.8. The number of rotatable bonds is 5. The molecule has 0 unspecified atom stereocenters. The normalized spacial score (nSPS) is 13.6. The first-order valence-corrected chi connectivity index (χ1v) is 11.2. The molecule has 0 atom stereocenters. The number of nitrogens with one attached hydrogen (secondary N) is 3. The first-order chi connectivity index (χ1) is 17.2. The quantitative estimate of drug-likeness (QED) is 0.351.